The van der Waals surface area contributed by atoms with Crippen LogP contribution >= 0.6 is 0 Å². The van der Waals surface area contributed by atoms with Crippen LogP contribution in [0.1, 0.15) is 52.9 Å². The lowest BCUT2D eigenvalue weighted by Crippen LogP contribution is -1.98. The van der Waals surface area contributed by atoms with E-state index in [2.05, 4.69) is 20.8 Å². The zero-order chi connectivity index (χ0) is 9.23. The van der Waals surface area contributed by atoms with Gasteiger partial charge in [-0.3, -0.25) is 0 Å². The van der Waals surface area contributed by atoms with E-state index in [-0.39, 0.29) is 0 Å². The van der Waals surface area contributed by atoms with Crippen LogP contribution in [0.25, 0.3) is 0 Å². The molecule has 12 heavy (non-hydrogen) atoms. The largest absolute Gasteiger partial charge is 0.381 e. The second-order valence-electron chi connectivity index (χ2n) is 3.86. The Morgan fingerprint density at radius 3 is 2.25 bits per heavy atom. The summed E-state index contributed by atoms with van der Waals surface area (Å²) in [6, 6.07) is 0. The first kappa shape index (κ1) is 12.0. The van der Waals surface area contributed by atoms with Gasteiger partial charge in [0, 0.05) is 13.2 Å². The van der Waals surface area contributed by atoms with Gasteiger partial charge in [-0.15, -0.1) is 0 Å². The van der Waals surface area contributed by atoms with Crippen molar-refractivity contribution in [2.45, 2.75) is 52.9 Å². The molecule has 1 nitrogen and oxygen atoms in total. The van der Waals surface area contributed by atoms with Crippen LogP contribution in [0.2, 0.25) is 0 Å². The maximum absolute atomic E-state index is 5.49. The van der Waals surface area contributed by atoms with Gasteiger partial charge in [-0.25, -0.2) is 0 Å². The minimum absolute atomic E-state index is 0.823. The topological polar surface area (TPSA) is 9.23 Å². The standard InChI is InChI=1S/C11H24O/c1-4-5-6-9-12-10-7-8-11(2)3/h11H,4-10H2,1-3H3. The van der Waals surface area contributed by atoms with Gasteiger partial charge >= 0.3 is 0 Å². The van der Waals surface area contributed by atoms with Gasteiger partial charge in [0.15, 0.2) is 0 Å². The Bertz CT molecular complexity index is 79.1. The van der Waals surface area contributed by atoms with E-state index in [9.17, 15) is 0 Å². The molecule has 0 radical (unpaired) electrons. The van der Waals surface area contributed by atoms with Gasteiger partial charge in [0.2, 0.25) is 0 Å². The maximum atomic E-state index is 5.49. The molecule has 0 aliphatic heterocycles. The molecule has 0 bridgehead atoms. The Hall–Kier alpha value is -0.0400. The lowest BCUT2D eigenvalue weighted by molar-refractivity contribution is 0.124. The van der Waals surface area contributed by atoms with E-state index in [1.807, 2.05) is 0 Å². The molecule has 74 valence electrons. The molecule has 0 heterocycles. The fourth-order valence-corrected chi connectivity index (χ4v) is 1.15. The van der Waals surface area contributed by atoms with Crippen LogP contribution in [0, 0.1) is 5.92 Å². The van der Waals surface area contributed by atoms with E-state index >= 15 is 0 Å². The molecular formula is C11H24O. The summed E-state index contributed by atoms with van der Waals surface area (Å²) in [5.41, 5.74) is 0. The smallest absolute Gasteiger partial charge is 0.0466 e. The SMILES string of the molecule is CCCCCOCCCC(C)C. The molecule has 0 aromatic carbocycles. The zero-order valence-corrected chi connectivity index (χ0v) is 8.94. The van der Waals surface area contributed by atoms with Gasteiger partial charge in [0.05, 0.1) is 0 Å². The molecule has 0 rings (SSSR count). The summed E-state index contributed by atoms with van der Waals surface area (Å²) in [5.74, 6) is 0.823. The van der Waals surface area contributed by atoms with Crippen LogP contribution in [-0.2, 0) is 4.74 Å². The summed E-state index contributed by atoms with van der Waals surface area (Å²) in [7, 11) is 0. The Morgan fingerprint density at radius 1 is 1.00 bits per heavy atom. The lowest BCUT2D eigenvalue weighted by atomic mass is 10.1. The molecular weight excluding hydrogens is 148 g/mol. The van der Waals surface area contributed by atoms with E-state index < -0.39 is 0 Å². The first-order valence-corrected chi connectivity index (χ1v) is 5.35. The Labute approximate surface area is 77.5 Å². The van der Waals surface area contributed by atoms with Crippen LogP contribution in [0.5, 0.6) is 0 Å². The van der Waals surface area contributed by atoms with Crippen molar-refractivity contribution in [3.05, 3.63) is 0 Å². The Morgan fingerprint density at radius 2 is 1.67 bits per heavy atom. The van der Waals surface area contributed by atoms with Crippen molar-refractivity contribution in [2.75, 3.05) is 13.2 Å². The zero-order valence-electron chi connectivity index (χ0n) is 8.94. The van der Waals surface area contributed by atoms with E-state index in [0.29, 0.717) is 0 Å². The second-order valence-corrected chi connectivity index (χ2v) is 3.86. The average molecular weight is 172 g/mol. The monoisotopic (exact) mass is 172 g/mol. The van der Waals surface area contributed by atoms with Gasteiger partial charge in [-0.05, 0) is 25.2 Å². The highest BCUT2D eigenvalue weighted by atomic mass is 16.5. The molecule has 0 atom stereocenters. The third-order valence-electron chi connectivity index (χ3n) is 1.96. The van der Waals surface area contributed by atoms with Gasteiger partial charge in [0.1, 0.15) is 0 Å². The van der Waals surface area contributed by atoms with Crippen molar-refractivity contribution < 1.29 is 4.74 Å². The Kier molecular flexibility index (Phi) is 9.02. The van der Waals surface area contributed by atoms with E-state index in [1.54, 1.807) is 0 Å². The average Bonchev–Trinajstić information content (AvgIpc) is 2.02. The summed E-state index contributed by atoms with van der Waals surface area (Å²) >= 11 is 0. The Balaban J connectivity index is 2.82. The minimum atomic E-state index is 0.823. The highest BCUT2D eigenvalue weighted by molar-refractivity contribution is 4.44. The predicted molar refractivity (Wildman–Crippen MR) is 54.4 cm³/mol. The number of unbranched alkanes of at least 4 members (excludes halogenated alkanes) is 2. The van der Waals surface area contributed by atoms with Crippen molar-refractivity contribution in [1.29, 1.82) is 0 Å². The molecule has 0 unspecified atom stereocenters. The fourth-order valence-electron chi connectivity index (χ4n) is 1.15. The molecule has 0 saturated carbocycles. The number of hydrogen-bond acceptors (Lipinski definition) is 1. The summed E-state index contributed by atoms with van der Waals surface area (Å²) in [4.78, 5) is 0. The van der Waals surface area contributed by atoms with Gasteiger partial charge < -0.3 is 4.74 Å². The fraction of sp³-hybridized carbons (Fsp3) is 1.00. The predicted octanol–water partition coefficient (Wildman–Crippen LogP) is 3.63. The van der Waals surface area contributed by atoms with Crippen LogP contribution in [0.15, 0.2) is 0 Å². The minimum Gasteiger partial charge on any atom is -0.381 e. The van der Waals surface area contributed by atoms with E-state index in [1.165, 1.54) is 32.1 Å². The number of rotatable bonds is 8. The number of ether oxygens (including phenoxy) is 1. The molecule has 0 saturated heterocycles. The summed E-state index contributed by atoms with van der Waals surface area (Å²) in [6.45, 7) is 8.67. The molecule has 0 fully saturated rings. The van der Waals surface area contributed by atoms with Gasteiger partial charge in [-0.2, -0.15) is 0 Å². The van der Waals surface area contributed by atoms with Crippen LogP contribution in [0.4, 0.5) is 0 Å². The van der Waals surface area contributed by atoms with Crippen LogP contribution in [-0.4, -0.2) is 13.2 Å². The normalized spacial score (nSPS) is 11.0. The van der Waals surface area contributed by atoms with Crippen LogP contribution in [0.3, 0.4) is 0 Å². The highest BCUT2D eigenvalue weighted by Gasteiger charge is 1.93. The molecule has 0 aliphatic rings. The molecule has 0 aliphatic carbocycles. The van der Waals surface area contributed by atoms with Crippen molar-refractivity contribution in [3.63, 3.8) is 0 Å². The van der Waals surface area contributed by atoms with Gasteiger partial charge in [-0.1, -0.05) is 33.6 Å². The van der Waals surface area contributed by atoms with Crippen molar-refractivity contribution in [3.8, 4) is 0 Å². The molecule has 0 amide bonds. The lowest BCUT2D eigenvalue weighted by Gasteiger charge is -2.05. The van der Waals surface area contributed by atoms with Crippen LogP contribution < -0.4 is 0 Å². The molecule has 0 aromatic heterocycles. The maximum Gasteiger partial charge on any atom is 0.0466 e. The van der Waals surface area contributed by atoms with E-state index in [4.69, 9.17) is 4.74 Å². The van der Waals surface area contributed by atoms with Crippen molar-refractivity contribution in [2.24, 2.45) is 5.92 Å². The molecule has 0 aromatic rings. The molecule has 0 N–H and O–H groups in total. The molecule has 1 heteroatoms. The number of hydrogen-bond donors (Lipinski definition) is 0. The highest BCUT2D eigenvalue weighted by Crippen LogP contribution is 2.03. The molecule has 0 spiro atoms. The first-order valence-electron chi connectivity index (χ1n) is 5.35. The van der Waals surface area contributed by atoms with Crippen molar-refractivity contribution >= 4 is 0 Å². The first-order chi connectivity index (χ1) is 5.77. The van der Waals surface area contributed by atoms with Crippen molar-refractivity contribution in [1.82, 2.24) is 0 Å². The summed E-state index contributed by atoms with van der Waals surface area (Å²) in [5, 5.41) is 0. The summed E-state index contributed by atoms with van der Waals surface area (Å²) in [6.07, 6.45) is 6.36. The van der Waals surface area contributed by atoms with E-state index in [0.717, 1.165) is 19.1 Å². The van der Waals surface area contributed by atoms with Gasteiger partial charge in [0.25, 0.3) is 0 Å². The second kappa shape index (κ2) is 9.05. The summed E-state index contributed by atoms with van der Waals surface area (Å²) < 4.78 is 5.49. The third kappa shape index (κ3) is 9.96. The quantitative estimate of drug-likeness (QED) is 0.508. The third-order valence-corrected chi connectivity index (χ3v) is 1.96.